The molecule has 0 N–H and O–H groups in total. The minimum Gasteiger partial charge on any atom is -0.490 e. The van der Waals surface area contributed by atoms with Gasteiger partial charge in [0.05, 0.1) is 23.7 Å². The number of nitrogens with zero attached hydrogens (tertiary/aromatic N) is 3. The zero-order valence-electron chi connectivity index (χ0n) is 21.9. The fraction of sp³-hybridized carbons (Fsp3) is 0.276. The number of unbranched alkanes of at least 4 members (excludes halogenated alkanes) is 1. The van der Waals surface area contributed by atoms with Gasteiger partial charge in [-0.05, 0) is 71.2 Å². The number of halogens is 3. The average Bonchev–Trinajstić information content (AvgIpc) is 3.42. The quantitative estimate of drug-likeness (QED) is 0.160. The molecular formula is C29H26Br2ClN3O5. The highest BCUT2D eigenvalue weighted by atomic mass is 79.9. The van der Waals surface area contributed by atoms with E-state index in [2.05, 4.69) is 43.9 Å². The van der Waals surface area contributed by atoms with Crippen LogP contribution in [0.15, 0.2) is 61.3 Å². The van der Waals surface area contributed by atoms with E-state index in [1.165, 1.54) is 4.68 Å². The van der Waals surface area contributed by atoms with Crippen LogP contribution < -0.4 is 24.5 Å². The second-order valence-corrected chi connectivity index (χ2v) is 11.1. The number of aromatic nitrogens is 2. The van der Waals surface area contributed by atoms with Crippen molar-refractivity contribution in [2.45, 2.75) is 39.7 Å². The summed E-state index contributed by atoms with van der Waals surface area (Å²) >= 11 is 13.8. The summed E-state index contributed by atoms with van der Waals surface area (Å²) in [5, 5.41) is 5.36. The number of rotatable bonds is 10. The fourth-order valence-electron chi connectivity index (χ4n) is 4.21. The number of fused-ring (bicyclic) bond motifs is 2. The van der Waals surface area contributed by atoms with Crippen molar-refractivity contribution in [2.75, 3.05) is 13.4 Å². The van der Waals surface area contributed by atoms with Crippen LogP contribution in [0.5, 0.6) is 23.0 Å². The Hall–Kier alpha value is -3.08. The van der Waals surface area contributed by atoms with Gasteiger partial charge in [0.1, 0.15) is 17.5 Å². The Morgan fingerprint density at radius 1 is 1.10 bits per heavy atom. The van der Waals surface area contributed by atoms with E-state index in [0.717, 1.165) is 22.9 Å². The van der Waals surface area contributed by atoms with Crippen molar-refractivity contribution < 1.29 is 18.9 Å². The van der Waals surface area contributed by atoms with Gasteiger partial charge in [0, 0.05) is 20.9 Å². The monoisotopic (exact) mass is 689 g/mol. The van der Waals surface area contributed by atoms with Crippen molar-refractivity contribution >= 4 is 60.6 Å². The van der Waals surface area contributed by atoms with E-state index in [1.807, 2.05) is 37.3 Å². The summed E-state index contributed by atoms with van der Waals surface area (Å²) in [5.41, 5.74) is 1.90. The highest BCUT2D eigenvalue weighted by molar-refractivity contribution is 9.10. The summed E-state index contributed by atoms with van der Waals surface area (Å²) < 4.78 is 25.5. The van der Waals surface area contributed by atoms with Crippen LogP contribution in [-0.4, -0.2) is 29.3 Å². The summed E-state index contributed by atoms with van der Waals surface area (Å²) in [6.45, 7) is 4.82. The van der Waals surface area contributed by atoms with E-state index in [9.17, 15) is 4.79 Å². The third-order valence-electron chi connectivity index (χ3n) is 6.22. The Morgan fingerprint density at radius 2 is 1.93 bits per heavy atom. The third-order valence-corrected chi connectivity index (χ3v) is 8.15. The van der Waals surface area contributed by atoms with Crippen LogP contribution in [0.1, 0.15) is 43.6 Å². The largest absolute Gasteiger partial charge is 0.490 e. The number of hydrogen-bond donors (Lipinski definition) is 0. The standard InChI is InChI=1S/C29H26Br2ClN3O5/c1-3-5-6-25-34-21-9-8-19(30)13-20(21)29(36)35(25)33-14-18-12-24(37-4-2)28(27(32)26(18)31)38-15-17-7-10-22-23(11-17)40-16-39-22/h7-14H,3-6,15-16H2,1-2H3. The van der Waals surface area contributed by atoms with Crippen molar-refractivity contribution in [1.29, 1.82) is 0 Å². The predicted octanol–water partition coefficient (Wildman–Crippen LogP) is 7.51. The molecule has 0 bridgehead atoms. The molecule has 0 aliphatic carbocycles. The molecular weight excluding hydrogens is 666 g/mol. The lowest BCUT2D eigenvalue weighted by molar-refractivity contribution is 0.174. The van der Waals surface area contributed by atoms with Gasteiger partial charge in [0.25, 0.3) is 5.56 Å². The van der Waals surface area contributed by atoms with Crippen LogP contribution in [-0.2, 0) is 13.0 Å². The lowest BCUT2D eigenvalue weighted by Crippen LogP contribution is -2.22. The first-order valence-corrected chi connectivity index (χ1v) is 14.8. The van der Waals surface area contributed by atoms with Crippen molar-refractivity contribution in [1.82, 2.24) is 9.66 Å². The lowest BCUT2D eigenvalue weighted by atomic mass is 10.2. The highest BCUT2D eigenvalue weighted by Gasteiger charge is 2.19. The minimum absolute atomic E-state index is 0.203. The Balaban J connectivity index is 1.49. The van der Waals surface area contributed by atoms with Crippen molar-refractivity contribution in [3.8, 4) is 23.0 Å². The Morgan fingerprint density at radius 3 is 2.73 bits per heavy atom. The number of hydrogen-bond acceptors (Lipinski definition) is 7. The maximum Gasteiger partial charge on any atom is 0.282 e. The molecule has 8 nitrogen and oxygen atoms in total. The molecule has 0 saturated carbocycles. The van der Waals surface area contributed by atoms with Crippen molar-refractivity contribution in [3.63, 3.8) is 0 Å². The first kappa shape index (κ1) is 28.4. The van der Waals surface area contributed by atoms with Gasteiger partial charge in [-0.25, -0.2) is 4.98 Å². The zero-order valence-corrected chi connectivity index (χ0v) is 25.8. The topological polar surface area (TPSA) is 84.2 Å². The Bertz CT molecular complexity index is 1660. The van der Waals surface area contributed by atoms with Crippen LogP contribution in [0, 0.1) is 0 Å². The molecule has 11 heteroatoms. The van der Waals surface area contributed by atoms with Crippen molar-refractivity contribution in [3.05, 3.63) is 83.7 Å². The molecule has 3 aromatic carbocycles. The van der Waals surface area contributed by atoms with Gasteiger partial charge in [-0.1, -0.05) is 46.9 Å². The molecule has 0 unspecified atom stereocenters. The molecule has 0 amide bonds. The van der Waals surface area contributed by atoms with Gasteiger partial charge in [-0.2, -0.15) is 9.78 Å². The third kappa shape index (κ3) is 5.99. The molecule has 1 aliphatic heterocycles. The summed E-state index contributed by atoms with van der Waals surface area (Å²) in [5.74, 6) is 2.82. The van der Waals surface area contributed by atoms with Gasteiger partial charge in [0.15, 0.2) is 23.0 Å². The van der Waals surface area contributed by atoms with E-state index in [0.29, 0.717) is 67.8 Å². The molecule has 0 saturated heterocycles. The molecule has 5 rings (SSSR count). The molecule has 0 radical (unpaired) electrons. The highest BCUT2D eigenvalue weighted by Crippen LogP contribution is 2.43. The fourth-order valence-corrected chi connectivity index (χ4v) is 5.23. The Kier molecular flexibility index (Phi) is 8.97. The molecule has 2 heterocycles. The van der Waals surface area contributed by atoms with E-state index in [1.54, 1.807) is 18.3 Å². The number of benzene rings is 3. The molecule has 208 valence electrons. The summed E-state index contributed by atoms with van der Waals surface area (Å²) in [6.07, 6.45) is 4.03. The summed E-state index contributed by atoms with van der Waals surface area (Å²) in [6, 6.07) is 12.9. The second-order valence-electron chi connectivity index (χ2n) is 8.98. The van der Waals surface area contributed by atoms with E-state index in [4.69, 9.17) is 35.5 Å². The van der Waals surface area contributed by atoms with Crippen molar-refractivity contribution in [2.24, 2.45) is 5.10 Å². The van der Waals surface area contributed by atoms with Gasteiger partial charge in [0.2, 0.25) is 6.79 Å². The molecule has 40 heavy (non-hydrogen) atoms. The average molecular weight is 692 g/mol. The van der Waals surface area contributed by atoms with Gasteiger partial charge >= 0.3 is 0 Å². The molecule has 1 aromatic heterocycles. The first-order valence-electron chi connectivity index (χ1n) is 12.8. The van der Waals surface area contributed by atoms with Gasteiger partial charge < -0.3 is 18.9 Å². The van der Waals surface area contributed by atoms with E-state index >= 15 is 0 Å². The predicted molar refractivity (Wildman–Crippen MR) is 163 cm³/mol. The molecule has 4 aromatic rings. The second kappa shape index (κ2) is 12.6. The maximum atomic E-state index is 13.4. The number of ether oxygens (including phenoxy) is 4. The Labute approximate surface area is 253 Å². The van der Waals surface area contributed by atoms with Crippen LogP contribution in [0.3, 0.4) is 0 Å². The molecule has 0 atom stereocenters. The smallest absolute Gasteiger partial charge is 0.282 e. The maximum absolute atomic E-state index is 13.4. The summed E-state index contributed by atoms with van der Waals surface area (Å²) in [7, 11) is 0. The van der Waals surface area contributed by atoms with Crippen LogP contribution >= 0.6 is 43.5 Å². The normalized spacial score (nSPS) is 12.4. The first-order chi connectivity index (χ1) is 19.4. The van der Waals surface area contributed by atoms with E-state index in [-0.39, 0.29) is 19.0 Å². The van der Waals surface area contributed by atoms with Gasteiger partial charge in [-0.15, -0.1) is 0 Å². The van der Waals surface area contributed by atoms with Crippen LogP contribution in [0.25, 0.3) is 10.9 Å². The lowest BCUT2D eigenvalue weighted by Gasteiger charge is -2.16. The molecule has 0 spiro atoms. The molecule has 0 fully saturated rings. The van der Waals surface area contributed by atoms with Crippen LogP contribution in [0.4, 0.5) is 0 Å². The summed E-state index contributed by atoms with van der Waals surface area (Å²) in [4.78, 5) is 18.2. The number of aryl methyl sites for hydroxylation is 1. The molecule has 1 aliphatic rings. The van der Waals surface area contributed by atoms with E-state index < -0.39 is 0 Å². The minimum atomic E-state index is -0.246. The zero-order chi connectivity index (χ0) is 28.2. The van der Waals surface area contributed by atoms with Crippen LogP contribution in [0.2, 0.25) is 5.02 Å². The SMILES string of the molecule is CCCCc1nc2ccc(Br)cc2c(=O)n1N=Cc1cc(OCC)c(OCc2ccc3c(c2)OCO3)c(Cl)c1Br. The van der Waals surface area contributed by atoms with Gasteiger partial charge in [-0.3, -0.25) is 4.79 Å².